The monoisotopic (exact) mass is 559 g/mol. The zero-order valence-corrected chi connectivity index (χ0v) is 22.5. The molecule has 32 heavy (non-hydrogen) atoms. The van der Waals surface area contributed by atoms with Gasteiger partial charge >= 0.3 is 0 Å². The molecule has 2 aliphatic rings. The molecule has 2 N–H and O–H groups in total. The van der Waals surface area contributed by atoms with Gasteiger partial charge in [-0.2, -0.15) is 0 Å². The third-order valence-electron chi connectivity index (χ3n) is 6.11. The Morgan fingerprint density at radius 1 is 1.16 bits per heavy atom. The summed E-state index contributed by atoms with van der Waals surface area (Å²) < 4.78 is 11.3. The van der Waals surface area contributed by atoms with Crippen molar-refractivity contribution in [1.82, 2.24) is 20.4 Å². The van der Waals surface area contributed by atoms with Crippen molar-refractivity contribution >= 4 is 29.9 Å². The number of benzene rings is 1. The number of hydrogen-bond acceptors (Lipinski definition) is 5. The molecule has 3 rings (SSSR count). The summed E-state index contributed by atoms with van der Waals surface area (Å²) in [5, 5.41) is 7.03. The molecule has 182 valence electrons. The fourth-order valence-corrected chi connectivity index (χ4v) is 4.55. The van der Waals surface area contributed by atoms with E-state index >= 15 is 0 Å². The molecule has 0 spiro atoms. The maximum Gasteiger partial charge on any atom is 0.191 e. The minimum Gasteiger partial charge on any atom is -0.497 e. The Kier molecular flexibility index (Phi) is 12.1. The van der Waals surface area contributed by atoms with Crippen LogP contribution in [0.1, 0.15) is 38.3 Å². The maximum absolute atomic E-state index is 5.98. The molecule has 0 bridgehead atoms. The van der Waals surface area contributed by atoms with Gasteiger partial charge in [-0.1, -0.05) is 26.0 Å². The quantitative estimate of drug-likeness (QED) is 0.276. The van der Waals surface area contributed by atoms with Gasteiger partial charge < -0.3 is 20.1 Å². The van der Waals surface area contributed by atoms with Crippen LogP contribution >= 0.6 is 24.0 Å². The summed E-state index contributed by atoms with van der Waals surface area (Å²) in [5.41, 5.74) is 1.31. The number of rotatable bonds is 9. The van der Waals surface area contributed by atoms with Gasteiger partial charge in [-0.3, -0.25) is 14.8 Å². The first-order chi connectivity index (χ1) is 15.1. The van der Waals surface area contributed by atoms with Gasteiger partial charge in [0.15, 0.2) is 5.96 Å². The third-order valence-corrected chi connectivity index (χ3v) is 6.11. The van der Waals surface area contributed by atoms with Crippen LogP contribution in [0.2, 0.25) is 0 Å². The van der Waals surface area contributed by atoms with Crippen LogP contribution in [0.5, 0.6) is 5.75 Å². The number of likely N-dealkylation sites (tertiary alicyclic amines) is 1. The maximum atomic E-state index is 5.98. The molecule has 7 nitrogen and oxygen atoms in total. The Bertz CT molecular complexity index is 679. The number of nitrogens with one attached hydrogen (secondary N) is 2. The number of nitrogens with zero attached hydrogens (tertiary/aromatic N) is 3. The van der Waals surface area contributed by atoms with Gasteiger partial charge in [-0.05, 0) is 49.5 Å². The standard InChI is InChI=1S/C24H41N5O2.HI/c1-19(2)17-28-13-14-31-22(18-28)15-26-24(25-3)27-16-23(29-11-5-6-12-29)20-7-9-21(30-4)10-8-20;/h7-10,19,22-23H,5-6,11-18H2,1-4H3,(H2,25,26,27);1H. The van der Waals surface area contributed by atoms with Gasteiger partial charge in [0.2, 0.25) is 0 Å². The number of ether oxygens (including phenoxy) is 2. The second-order valence-corrected chi connectivity index (χ2v) is 9.01. The molecule has 2 unspecified atom stereocenters. The molecule has 1 aromatic rings. The number of guanidine groups is 1. The predicted octanol–water partition coefficient (Wildman–Crippen LogP) is 2.97. The Morgan fingerprint density at radius 2 is 1.88 bits per heavy atom. The van der Waals surface area contributed by atoms with Gasteiger partial charge in [0.25, 0.3) is 0 Å². The van der Waals surface area contributed by atoms with Crippen LogP contribution in [-0.4, -0.2) is 88.4 Å². The third kappa shape index (κ3) is 8.35. The summed E-state index contributed by atoms with van der Waals surface area (Å²) in [6, 6.07) is 8.78. The lowest BCUT2D eigenvalue weighted by Gasteiger charge is -2.34. The fraction of sp³-hybridized carbons (Fsp3) is 0.708. The normalized spacial score (nSPS) is 21.3. The van der Waals surface area contributed by atoms with Crippen LogP contribution in [0.4, 0.5) is 0 Å². The topological polar surface area (TPSA) is 61.4 Å². The second kappa shape index (κ2) is 14.2. The smallest absolute Gasteiger partial charge is 0.191 e. The van der Waals surface area contributed by atoms with E-state index in [1.165, 1.54) is 18.4 Å². The van der Waals surface area contributed by atoms with Crippen LogP contribution in [-0.2, 0) is 4.74 Å². The van der Waals surface area contributed by atoms with Crippen molar-refractivity contribution in [3.05, 3.63) is 29.8 Å². The van der Waals surface area contributed by atoms with E-state index in [1.54, 1.807) is 7.11 Å². The predicted molar refractivity (Wildman–Crippen MR) is 142 cm³/mol. The average Bonchev–Trinajstić information content (AvgIpc) is 3.31. The molecule has 2 heterocycles. The van der Waals surface area contributed by atoms with E-state index in [9.17, 15) is 0 Å². The first kappa shape index (κ1) is 27.1. The number of morpholine rings is 1. The van der Waals surface area contributed by atoms with Crippen molar-refractivity contribution in [3.8, 4) is 5.75 Å². The highest BCUT2D eigenvalue weighted by Gasteiger charge is 2.24. The fourth-order valence-electron chi connectivity index (χ4n) is 4.55. The highest BCUT2D eigenvalue weighted by atomic mass is 127. The lowest BCUT2D eigenvalue weighted by atomic mass is 10.1. The van der Waals surface area contributed by atoms with Gasteiger partial charge in [-0.15, -0.1) is 24.0 Å². The van der Waals surface area contributed by atoms with Crippen LogP contribution in [0.3, 0.4) is 0 Å². The summed E-state index contributed by atoms with van der Waals surface area (Å²) in [7, 11) is 3.54. The highest BCUT2D eigenvalue weighted by Crippen LogP contribution is 2.26. The lowest BCUT2D eigenvalue weighted by Crippen LogP contribution is -2.50. The molecular formula is C24H42IN5O2. The molecule has 0 saturated carbocycles. The Hall–Kier alpha value is -1.10. The van der Waals surface area contributed by atoms with E-state index < -0.39 is 0 Å². The minimum atomic E-state index is 0. The molecule has 2 fully saturated rings. The molecule has 0 radical (unpaired) electrons. The van der Waals surface area contributed by atoms with Crippen LogP contribution in [0, 0.1) is 5.92 Å². The van der Waals surface area contributed by atoms with E-state index in [4.69, 9.17) is 9.47 Å². The largest absolute Gasteiger partial charge is 0.497 e. The van der Waals surface area contributed by atoms with Crippen LogP contribution in [0.25, 0.3) is 0 Å². The Morgan fingerprint density at radius 3 is 2.50 bits per heavy atom. The molecule has 0 aliphatic carbocycles. The van der Waals surface area contributed by atoms with Gasteiger partial charge in [0.05, 0.1) is 25.9 Å². The lowest BCUT2D eigenvalue weighted by molar-refractivity contribution is -0.0284. The molecule has 2 aliphatic heterocycles. The Balaban J connectivity index is 0.00000363. The van der Waals surface area contributed by atoms with Crippen molar-refractivity contribution in [1.29, 1.82) is 0 Å². The number of hydrogen-bond donors (Lipinski definition) is 2. The summed E-state index contributed by atoms with van der Waals surface area (Å²) in [5.74, 6) is 2.41. The average molecular weight is 560 g/mol. The zero-order valence-electron chi connectivity index (χ0n) is 20.2. The van der Waals surface area contributed by atoms with Crippen molar-refractivity contribution in [2.24, 2.45) is 10.9 Å². The van der Waals surface area contributed by atoms with Gasteiger partial charge in [-0.25, -0.2) is 0 Å². The van der Waals surface area contributed by atoms with Crippen molar-refractivity contribution in [2.45, 2.75) is 38.8 Å². The summed E-state index contributed by atoms with van der Waals surface area (Å²) in [6.45, 7) is 12.4. The van der Waals surface area contributed by atoms with Crippen molar-refractivity contribution in [2.75, 3.05) is 66.6 Å². The minimum absolute atomic E-state index is 0. The van der Waals surface area contributed by atoms with E-state index in [0.29, 0.717) is 12.0 Å². The van der Waals surface area contributed by atoms with Crippen LogP contribution < -0.4 is 15.4 Å². The Labute approximate surface area is 211 Å². The zero-order chi connectivity index (χ0) is 22.1. The van der Waals surface area contributed by atoms with E-state index in [1.807, 2.05) is 7.05 Å². The highest BCUT2D eigenvalue weighted by molar-refractivity contribution is 14.0. The van der Waals surface area contributed by atoms with Crippen LogP contribution in [0.15, 0.2) is 29.3 Å². The SMILES string of the molecule is CN=C(NCC1CN(CC(C)C)CCO1)NCC(c1ccc(OC)cc1)N1CCCC1.I. The molecule has 2 atom stereocenters. The molecule has 2 saturated heterocycles. The number of halogens is 1. The van der Waals surface area contributed by atoms with E-state index in [2.05, 4.69) is 63.5 Å². The first-order valence-corrected chi connectivity index (χ1v) is 11.8. The summed E-state index contributed by atoms with van der Waals surface area (Å²) in [4.78, 5) is 9.52. The molecule has 1 aromatic carbocycles. The molecule has 8 heteroatoms. The van der Waals surface area contributed by atoms with Gasteiger partial charge in [0.1, 0.15) is 5.75 Å². The number of aliphatic imine (C=N–C) groups is 1. The van der Waals surface area contributed by atoms with E-state index in [-0.39, 0.29) is 30.1 Å². The summed E-state index contributed by atoms with van der Waals surface area (Å²) >= 11 is 0. The van der Waals surface area contributed by atoms with Gasteiger partial charge in [0, 0.05) is 39.8 Å². The molecule has 0 aromatic heterocycles. The second-order valence-electron chi connectivity index (χ2n) is 9.01. The number of methoxy groups -OCH3 is 1. The molecular weight excluding hydrogens is 517 g/mol. The van der Waals surface area contributed by atoms with E-state index in [0.717, 1.165) is 64.1 Å². The first-order valence-electron chi connectivity index (χ1n) is 11.8. The van der Waals surface area contributed by atoms with Crippen molar-refractivity contribution in [3.63, 3.8) is 0 Å². The summed E-state index contributed by atoms with van der Waals surface area (Å²) in [6.07, 6.45) is 2.74. The molecule has 0 amide bonds. The van der Waals surface area contributed by atoms with Crippen molar-refractivity contribution < 1.29 is 9.47 Å².